The number of hydrogen-bond donors (Lipinski definition) is 1. The molecule has 144 valence electrons. The van der Waals surface area contributed by atoms with Crippen molar-refractivity contribution in [1.82, 2.24) is 0 Å². The van der Waals surface area contributed by atoms with Crippen molar-refractivity contribution in [2.45, 2.75) is 26.8 Å². The highest BCUT2D eigenvalue weighted by Crippen LogP contribution is 2.31. The van der Waals surface area contributed by atoms with Crippen molar-refractivity contribution in [1.29, 1.82) is 0 Å². The Kier molecular flexibility index (Phi) is 7.29. The number of ether oxygens (including phenoxy) is 2. The molecule has 2 aromatic rings. The van der Waals surface area contributed by atoms with E-state index in [0.717, 1.165) is 23.5 Å². The minimum Gasteiger partial charge on any atom is -0.493 e. The second-order valence-electron chi connectivity index (χ2n) is 6.33. The molecule has 0 aliphatic carbocycles. The van der Waals surface area contributed by atoms with Gasteiger partial charge in [-0.3, -0.25) is 4.79 Å². The van der Waals surface area contributed by atoms with Gasteiger partial charge in [0, 0.05) is 35.6 Å². The molecular formula is C22H28N2O3. The van der Waals surface area contributed by atoms with E-state index in [2.05, 4.69) is 31.0 Å². The lowest BCUT2D eigenvalue weighted by Crippen LogP contribution is -2.30. The molecule has 0 aromatic heterocycles. The molecule has 0 atom stereocenters. The first-order chi connectivity index (χ1) is 13.0. The number of benzene rings is 2. The Morgan fingerprint density at radius 1 is 1.11 bits per heavy atom. The van der Waals surface area contributed by atoms with Gasteiger partial charge in [0.2, 0.25) is 5.91 Å². The Labute approximate surface area is 161 Å². The third-order valence-corrected chi connectivity index (χ3v) is 4.28. The van der Waals surface area contributed by atoms with Gasteiger partial charge in [0.1, 0.15) is 0 Å². The Balaban J connectivity index is 2.07. The van der Waals surface area contributed by atoms with Crippen molar-refractivity contribution < 1.29 is 14.3 Å². The lowest BCUT2D eigenvalue weighted by atomic mass is 10.1. The van der Waals surface area contributed by atoms with Gasteiger partial charge in [-0.15, -0.1) is 0 Å². The fraction of sp³-hybridized carbons (Fsp3) is 0.318. The maximum absolute atomic E-state index is 12.2. The topological polar surface area (TPSA) is 50.8 Å². The number of nitrogens with one attached hydrogen (secondary N) is 1. The van der Waals surface area contributed by atoms with Crippen molar-refractivity contribution in [3.05, 3.63) is 54.1 Å². The fourth-order valence-corrected chi connectivity index (χ4v) is 2.97. The smallest absolute Gasteiger partial charge is 0.248 e. The summed E-state index contributed by atoms with van der Waals surface area (Å²) in [5.41, 5.74) is 2.67. The highest BCUT2D eigenvalue weighted by molar-refractivity contribution is 6.02. The van der Waals surface area contributed by atoms with Crippen molar-refractivity contribution in [2.24, 2.45) is 0 Å². The minimum atomic E-state index is -0.205. The number of carbonyl (C=O) groups is 1. The van der Waals surface area contributed by atoms with E-state index in [4.69, 9.17) is 9.47 Å². The first kappa shape index (κ1) is 20.4. The van der Waals surface area contributed by atoms with Crippen molar-refractivity contribution in [2.75, 3.05) is 31.0 Å². The number of anilines is 2. The van der Waals surface area contributed by atoms with Gasteiger partial charge in [-0.25, -0.2) is 0 Å². The molecule has 0 heterocycles. The van der Waals surface area contributed by atoms with Crippen LogP contribution >= 0.6 is 0 Å². The molecule has 5 heteroatoms. The summed E-state index contributed by atoms with van der Waals surface area (Å²) in [5.74, 6) is 1.02. The fourth-order valence-electron chi connectivity index (χ4n) is 2.97. The van der Waals surface area contributed by atoms with Crippen LogP contribution in [0.5, 0.6) is 11.5 Å². The Hall–Kier alpha value is -2.95. The maximum Gasteiger partial charge on any atom is 0.248 e. The molecule has 0 spiro atoms. The van der Waals surface area contributed by atoms with E-state index >= 15 is 0 Å². The summed E-state index contributed by atoms with van der Waals surface area (Å²) in [4.78, 5) is 14.5. The highest BCUT2D eigenvalue weighted by Gasteiger charge is 2.09. The monoisotopic (exact) mass is 368 g/mol. The SMILES string of the molecule is CCN(c1ccc(NC(=O)/C=C/c2cccc(OC)c2OC)cc1)C(C)C. The number of para-hydroxylation sites is 1. The Morgan fingerprint density at radius 3 is 2.37 bits per heavy atom. The predicted molar refractivity (Wildman–Crippen MR) is 112 cm³/mol. The number of methoxy groups -OCH3 is 2. The van der Waals surface area contributed by atoms with Crippen LogP contribution < -0.4 is 19.7 Å². The number of amides is 1. The van der Waals surface area contributed by atoms with E-state index in [1.807, 2.05) is 42.5 Å². The quantitative estimate of drug-likeness (QED) is 0.693. The molecule has 27 heavy (non-hydrogen) atoms. The zero-order valence-electron chi connectivity index (χ0n) is 16.7. The average molecular weight is 368 g/mol. The van der Waals surface area contributed by atoms with E-state index < -0.39 is 0 Å². The molecule has 0 saturated heterocycles. The summed E-state index contributed by atoms with van der Waals surface area (Å²) in [7, 11) is 3.16. The van der Waals surface area contributed by atoms with Gasteiger partial charge in [0.05, 0.1) is 14.2 Å². The maximum atomic E-state index is 12.2. The molecule has 0 saturated carbocycles. The predicted octanol–water partition coefficient (Wildman–Crippen LogP) is 4.59. The molecule has 2 aromatic carbocycles. The molecule has 1 N–H and O–H groups in total. The largest absolute Gasteiger partial charge is 0.493 e. The van der Waals surface area contributed by atoms with E-state index in [0.29, 0.717) is 17.5 Å². The average Bonchev–Trinajstić information content (AvgIpc) is 2.67. The standard InChI is InChI=1S/C22H28N2O3/c1-6-24(16(2)3)19-13-11-18(12-14-19)23-21(25)15-10-17-8-7-9-20(26-4)22(17)27-5/h7-16H,6H2,1-5H3,(H,23,25)/b15-10+. The van der Waals surface area contributed by atoms with Crippen molar-refractivity contribution >= 4 is 23.4 Å². The Bertz CT molecular complexity index is 783. The van der Waals surface area contributed by atoms with Crippen LogP contribution in [0.3, 0.4) is 0 Å². The van der Waals surface area contributed by atoms with Gasteiger partial charge in [-0.2, -0.15) is 0 Å². The minimum absolute atomic E-state index is 0.205. The van der Waals surface area contributed by atoms with Crippen molar-refractivity contribution in [3.8, 4) is 11.5 Å². The van der Waals surface area contributed by atoms with E-state index in [1.165, 1.54) is 6.08 Å². The van der Waals surface area contributed by atoms with Crippen LogP contribution in [0, 0.1) is 0 Å². The van der Waals surface area contributed by atoms with Gasteiger partial charge in [-0.1, -0.05) is 12.1 Å². The molecule has 0 aliphatic heterocycles. The van der Waals surface area contributed by atoms with Gasteiger partial charge < -0.3 is 19.7 Å². The molecule has 5 nitrogen and oxygen atoms in total. The third-order valence-electron chi connectivity index (χ3n) is 4.28. The molecule has 0 unspecified atom stereocenters. The first-order valence-electron chi connectivity index (χ1n) is 9.06. The van der Waals surface area contributed by atoms with Gasteiger partial charge in [0.25, 0.3) is 0 Å². The van der Waals surface area contributed by atoms with Gasteiger partial charge in [-0.05, 0) is 57.2 Å². The summed E-state index contributed by atoms with van der Waals surface area (Å²) in [6.45, 7) is 7.40. The first-order valence-corrected chi connectivity index (χ1v) is 9.06. The molecule has 0 fully saturated rings. The van der Waals surface area contributed by atoms with Crippen LogP contribution in [-0.2, 0) is 4.79 Å². The lowest BCUT2D eigenvalue weighted by molar-refractivity contribution is -0.111. The highest BCUT2D eigenvalue weighted by atomic mass is 16.5. The number of nitrogens with zero attached hydrogens (tertiary/aromatic N) is 1. The summed E-state index contributed by atoms with van der Waals surface area (Å²) in [6.07, 6.45) is 3.19. The van der Waals surface area contributed by atoms with E-state index in [-0.39, 0.29) is 5.91 Å². The number of hydrogen-bond acceptors (Lipinski definition) is 4. The summed E-state index contributed by atoms with van der Waals surface area (Å²) in [5, 5.41) is 2.88. The number of rotatable bonds is 8. The molecule has 2 rings (SSSR count). The zero-order valence-corrected chi connectivity index (χ0v) is 16.7. The molecule has 0 aliphatic rings. The molecule has 0 radical (unpaired) electrons. The van der Waals surface area contributed by atoms with Crippen LogP contribution in [0.15, 0.2) is 48.5 Å². The number of carbonyl (C=O) groups excluding carboxylic acids is 1. The van der Waals surface area contributed by atoms with Gasteiger partial charge >= 0.3 is 0 Å². The normalized spacial score (nSPS) is 10.9. The molecule has 1 amide bonds. The van der Waals surface area contributed by atoms with Crippen molar-refractivity contribution in [3.63, 3.8) is 0 Å². The lowest BCUT2D eigenvalue weighted by Gasteiger charge is -2.27. The van der Waals surface area contributed by atoms with Crippen LogP contribution in [0.2, 0.25) is 0 Å². The van der Waals surface area contributed by atoms with Crippen LogP contribution in [-0.4, -0.2) is 32.7 Å². The van der Waals surface area contributed by atoms with Crippen LogP contribution in [0.1, 0.15) is 26.3 Å². The molecule has 0 bridgehead atoms. The zero-order chi connectivity index (χ0) is 19.8. The van der Waals surface area contributed by atoms with E-state index in [9.17, 15) is 4.79 Å². The Morgan fingerprint density at radius 2 is 1.81 bits per heavy atom. The summed E-state index contributed by atoms with van der Waals surface area (Å²) in [6, 6.07) is 13.8. The van der Waals surface area contributed by atoms with Crippen LogP contribution in [0.4, 0.5) is 11.4 Å². The summed E-state index contributed by atoms with van der Waals surface area (Å²) >= 11 is 0. The summed E-state index contributed by atoms with van der Waals surface area (Å²) < 4.78 is 10.6. The third kappa shape index (κ3) is 5.26. The second-order valence-corrected chi connectivity index (χ2v) is 6.33. The molecular weight excluding hydrogens is 340 g/mol. The van der Waals surface area contributed by atoms with Gasteiger partial charge in [0.15, 0.2) is 11.5 Å². The van der Waals surface area contributed by atoms with Crippen LogP contribution in [0.25, 0.3) is 6.08 Å². The van der Waals surface area contributed by atoms with E-state index in [1.54, 1.807) is 20.3 Å². The second kappa shape index (κ2) is 9.67.